The van der Waals surface area contributed by atoms with E-state index >= 15 is 0 Å². The largest absolute Gasteiger partial charge is 0.382 e. The normalized spacial score (nSPS) is 16.4. The molecule has 3 heteroatoms. The van der Waals surface area contributed by atoms with E-state index in [4.69, 9.17) is 5.73 Å². The van der Waals surface area contributed by atoms with Crippen LogP contribution in [0.25, 0.3) is 5.52 Å². The highest BCUT2D eigenvalue weighted by Gasteiger charge is 2.28. The van der Waals surface area contributed by atoms with Crippen LogP contribution < -0.4 is 5.73 Å². The monoisotopic (exact) mass is 187 g/mol. The quantitative estimate of drug-likeness (QED) is 0.743. The molecule has 3 rings (SSSR count). The molecule has 0 bridgehead atoms. The molecule has 2 aromatic heterocycles. The second kappa shape index (κ2) is 2.50. The number of pyridine rings is 1. The predicted molar refractivity (Wildman–Crippen MR) is 56.3 cm³/mol. The molecule has 0 amide bonds. The molecule has 0 radical (unpaired) electrons. The number of nitrogen functional groups attached to an aromatic ring is 1. The van der Waals surface area contributed by atoms with Gasteiger partial charge in [0.05, 0.1) is 5.52 Å². The highest BCUT2D eigenvalue weighted by molar-refractivity contribution is 5.67. The zero-order valence-corrected chi connectivity index (χ0v) is 8.20. The minimum Gasteiger partial charge on any atom is -0.382 e. The van der Waals surface area contributed by atoms with Crippen molar-refractivity contribution in [3.63, 3.8) is 0 Å². The first-order chi connectivity index (χ1) is 6.75. The highest BCUT2D eigenvalue weighted by Crippen LogP contribution is 2.40. The minimum atomic E-state index is 0.640. The van der Waals surface area contributed by atoms with Crippen LogP contribution in [0.2, 0.25) is 0 Å². The second-order valence-corrected chi connectivity index (χ2v) is 4.09. The van der Waals surface area contributed by atoms with Crippen LogP contribution in [0.4, 0.5) is 5.82 Å². The Bertz CT molecular complexity index is 494. The molecular formula is C11H13N3. The predicted octanol–water partition coefficient (Wildman–Crippen LogP) is 2.10. The fraction of sp³-hybridized carbons (Fsp3) is 0.364. The van der Waals surface area contributed by atoms with E-state index in [0.717, 1.165) is 11.3 Å². The summed E-state index contributed by atoms with van der Waals surface area (Å²) in [7, 11) is 0. The minimum absolute atomic E-state index is 0.640. The summed E-state index contributed by atoms with van der Waals surface area (Å²) in [5.41, 5.74) is 8.15. The van der Waals surface area contributed by atoms with Crippen LogP contribution in [-0.4, -0.2) is 9.38 Å². The molecule has 1 aliphatic carbocycles. The molecule has 0 atom stereocenters. The number of imidazole rings is 1. The number of rotatable bonds is 1. The van der Waals surface area contributed by atoms with Gasteiger partial charge in [0, 0.05) is 12.1 Å². The summed E-state index contributed by atoms with van der Waals surface area (Å²) >= 11 is 0. The molecule has 0 spiro atoms. The molecule has 1 fully saturated rings. The van der Waals surface area contributed by atoms with Crippen LogP contribution in [0.15, 0.2) is 18.3 Å². The number of nitrogens with zero attached hydrogens (tertiary/aromatic N) is 2. The van der Waals surface area contributed by atoms with Gasteiger partial charge in [-0.3, -0.25) is 0 Å². The van der Waals surface area contributed by atoms with Gasteiger partial charge in [0.2, 0.25) is 0 Å². The van der Waals surface area contributed by atoms with E-state index in [-0.39, 0.29) is 0 Å². The molecule has 0 aliphatic heterocycles. The smallest absolute Gasteiger partial charge is 0.149 e. The van der Waals surface area contributed by atoms with Gasteiger partial charge >= 0.3 is 0 Å². The summed E-state index contributed by atoms with van der Waals surface area (Å²) in [6, 6.07) is 4.12. The van der Waals surface area contributed by atoms with E-state index in [0.29, 0.717) is 11.7 Å². The number of hydrogen-bond acceptors (Lipinski definition) is 2. The lowest BCUT2D eigenvalue weighted by Crippen LogP contribution is -1.92. The standard InChI is InChI=1S/C11H13N3/c1-7-2-5-9-10(12)13-11(8-3-4-8)14(9)6-7/h2,5-6,8H,3-4,12H2,1H3. The van der Waals surface area contributed by atoms with Crippen molar-refractivity contribution >= 4 is 11.3 Å². The van der Waals surface area contributed by atoms with Crippen LogP contribution in [0.3, 0.4) is 0 Å². The third-order valence-corrected chi connectivity index (χ3v) is 2.78. The number of hydrogen-bond donors (Lipinski definition) is 1. The first-order valence-electron chi connectivity index (χ1n) is 5.00. The molecule has 0 unspecified atom stereocenters. The molecule has 0 aromatic carbocycles. The summed E-state index contributed by atoms with van der Waals surface area (Å²) in [5, 5.41) is 0. The fourth-order valence-electron chi connectivity index (χ4n) is 1.87. The molecule has 72 valence electrons. The van der Waals surface area contributed by atoms with Crippen LogP contribution in [-0.2, 0) is 0 Å². The molecule has 2 heterocycles. The van der Waals surface area contributed by atoms with Gasteiger partial charge in [0.1, 0.15) is 11.6 Å². The van der Waals surface area contributed by atoms with Crippen molar-refractivity contribution in [2.75, 3.05) is 5.73 Å². The molecule has 1 aliphatic rings. The number of fused-ring (bicyclic) bond motifs is 1. The van der Waals surface area contributed by atoms with Crippen molar-refractivity contribution in [1.82, 2.24) is 9.38 Å². The SMILES string of the molecule is Cc1ccc2c(N)nc(C3CC3)n2c1. The van der Waals surface area contributed by atoms with Crippen LogP contribution in [0.5, 0.6) is 0 Å². The number of aromatic nitrogens is 2. The Morgan fingerprint density at radius 2 is 2.21 bits per heavy atom. The lowest BCUT2D eigenvalue weighted by Gasteiger charge is -1.99. The lowest BCUT2D eigenvalue weighted by atomic mass is 10.3. The molecule has 14 heavy (non-hydrogen) atoms. The van der Waals surface area contributed by atoms with Crippen molar-refractivity contribution in [3.05, 3.63) is 29.7 Å². The first-order valence-corrected chi connectivity index (χ1v) is 5.00. The van der Waals surface area contributed by atoms with E-state index in [2.05, 4.69) is 28.6 Å². The second-order valence-electron chi connectivity index (χ2n) is 4.09. The van der Waals surface area contributed by atoms with Crippen molar-refractivity contribution in [3.8, 4) is 0 Å². The van der Waals surface area contributed by atoms with Crippen LogP contribution in [0, 0.1) is 6.92 Å². The van der Waals surface area contributed by atoms with Crippen molar-refractivity contribution in [1.29, 1.82) is 0 Å². The van der Waals surface area contributed by atoms with Crippen molar-refractivity contribution in [2.24, 2.45) is 0 Å². The van der Waals surface area contributed by atoms with Gasteiger partial charge in [-0.15, -0.1) is 0 Å². The van der Waals surface area contributed by atoms with E-state index in [1.165, 1.54) is 18.4 Å². The van der Waals surface area contributed by atoms with E-state index in [9.17, 15) is 0 Å². The average molecular weight is 187 g/mol. The molecular weight excluding hydrogens is 174 g/mol. The summed E-state index contributed by atoms with van der Waals surface area (Å²) in [5.74, 6) is 2.44. The van der Waals surface area contributed by atoms with Crippen LogP contribution in [0.1, 0.15) is 30.1 Å². The fourth-order valence-corrected chi connectivity index (χ4v) is 1.87. The average Bonchev–Trinajstić information content (AvgIpc) is 2.93. The molecule has 0 saturated heterocycles. The lowest BCUT2D eigenvalue weighted by molar-refractivity contribution is 0.918. The van der Waals surface area contributed by atoms with Crippen molar-refractivity contribution < 1.29 is 0 Å². The maximum atomic E-state index is 5.86. The van der Waals surface area contributed by atoms with E-state index < -0.39 is 0 Å². The summed E-state index contributed by atoms with van der Waals surface area (Å²) in [4.78, 5) is 4.43. The maximum Gasteiger partial charge on any atom is 0.149 e. The molecule has 3 nitrogen and oxygen atoms in total. The number of anilines is 1. The van der Waals surface area contributed by atoms with Crippen LogP contribution >= 0.6 is 0 Å². The highest BCUT2D eigenvalue weighted by atomic mass is 15.1. The summed E-state index contributed by atoms with van der Waals surface area (Å²) in [6.45, 7) is 2.09. The Morgan fingerprint density at radius 1 is 1.43 bits per heavy atom. The third-order valence-electron chi connectivity index (χ3n) is 2.78. The Kier molecular flexibility index (Phi) is 1.40. The maximum absolute atomic E-state index is 5.86. The Balaban J connectivity index is 2.33. The van der Waals surface area contributed by atoms with Crippen molar-refractivity contribution in [2.45, 2.75) is 25.7 Å². The van der Waals surface area contributed by atoms with Gasteiger partial charge < -0.3 is 10.1 Å². The molecule has 2 aromatic rings. The van der Waals surface area contributed by atoms with E-state index in [1.807, 2.05) is 6.07 Å². The third kappa shape index (κ3) is 1.02. The Labute approximate surface area is 82.6 Å². The molecule has 1 saturated carbocycles. The zero-order valence-electron chi connectivity index (χ0n) is 8.20. The Morgan fingerprint density at radius 3 is 2.93 bits per heavy atom. The number of nitrogens with two attached hydrogens (primary N) is 1. The van der Waals surface area contributed by atoms with Gasteiger partial charge in [0.25, 0.3) is 0 Å². The van der Waals surface area contributed by atoms with Gasteiger partial charge in [-0.1, -0.05) is 6.07 Å². The van der Waals surface area contributed by atoms with E-state index in [1.54, 1.807) is 0 Å². The van der Waals surface area contributed by atoms with Gasteiger partial charge in [-0.2, -0.15) is 0 Å². The van der Waals surface area contributed by atoms with Gasteiger partial charge in [-0.25, -0.2) is 4.98 Å². The molecule has 2 N–H and O–H groups in total. The summed E-state index contributed by atoms with van der Waals surface area (Å²) < 4.78 is 2.14. The van der Waals surface area contributed by atoms with Gasteiger partial charge in [-0.05, 0) is 31.4 Å². The topological polar surface area (TPSA) is 43.3 Å². The number of aryl methyl sites for hydroxylation is 1. The Hall–Kier alpha value is -1.51. The zero-order chi connectivity index (χ0) is 9.71. The van der Waals surface area contributed by atoms with Gasteiger partial charge in [0.15, 0.2) is 0 Å². The first kappa shape index (κ1) is 7.85. The summed E-state index contributed by atoms with van der Waals surface area (Å²) in [6.07, 6.45) is 4.63.